The van der Waals surface area contributed by atoms with Crippen molar-refractivity contribution in [2.24, 2.45) is 0 Å². The van der Waals surface area contributed by atoms with Gasteiger partial charge in [0.05, 0.1) is 5.60 Å². The van der Waals surface area contributed by atoms with Gasteiger partial charge in [-0.2, -0.15) is 0 Å². The maximum Gasteiger partial charge on any atom is 0.137 e. The molecule has 0 saturated heterocycles. The van der Waals surface area contributed by atoms with Crippen LogP contribution in [0, 0.1) is 5.82 Å². The van der Waals surface area contributed by atoms with Crippen LogP contribution in [0.15, 0.2) is 23.1 Å². The molecule has 0 heterocycles. The zero-order valence-corrected chi connectivity index (χ0v) is 8.78. The van der Waals surface area contributed by atoms with Crippen molar-refractivity contribution >= 4 is 11.8 Å². The highest BCUT2D eigenvalue weighted by molar-refractivity contribution is 7.98. The average molecular weight is 200 g/mol. The van der Waals surface area contributed by atoms with E-state index in [1.54, 1.807) is 32.2 Å². The van der Waals surface area contributed by atoms with E-state index in [4.69, 9.17) is 0 Å². The van der Waals surface area contributed by atoms with Gasteiger partial charge >= 0.3 is 0 Å². The summed E-state index contributed by atoms with van der Waals surface area (Å²) in [6.45, 7) is 3.31. The SMILES string of the molecule is CSc1c(F)cccc1C(C)(C)O. The fraction of sp³-hybridized carbons (Fsp3) is 0.400. The zero-order valence-electron chi connectivity index (χ0n) is 7.97. The van der Waals surface area contributed by atoms with Crippen LogP contribution < -0.4 is 0 Å². The van der Waals surface area contributed by atoms with E-state index >= 15 is 0 Å². The molecule has 0 aliphatic heterocycles. The highest BCUT2D eigenvalue weighted by atomic mass is 32.2. The van der Waals surface area contributed by atoms with E-state index in [0.717, 1.165) is 0 Å². The van der Waals surface area contributed by atoms with E-state index in [2.05, 4.69) is 0 Å². The van der Waals surface area contributed by atoms with Crippen molar-refractivity contribution in [1.82, 2.24) is 0 Å². The molecule has 1 rings (SSSR count). The third-order valence-corrected chi connectivity index (χ3v) is 2.65. The van der Waals surface area contributed by atoms with Gasteiger partial charge in [0, 0.05) is 4.90 Å². The van der Waals surface area contributed by atoms with Crippen molar-refractivity contribution in [3.8, 4) is 0 Å². The minimum absolute atomic E-state index is 0.271. The number of aliphatic hydroxyl groups is 1. The molecule has 1 N–H and O–H groups in total. The highest BCUT2D eigenvalue weighted by Crippen LogP contribution is 2.31. The summed E-state index contributed by atoms with van der Waals surface area (Å²) in [7, 11) is 0. The molecule has 0 aromatic heterocycles. The minimum Gasteiger partial charge on any atom is -0.386 e. The number of hydrogen-bond donors (Lipinski definition) is 1. The Hall–Kier alpha value is -0.540. The van der Waals surface area contributed by atoms with Crippen molar-refractivity contribution in [3.63, 3.8) is 0 Å². The first-order valence-corrected chi connectivity index (χ1v) is 5.24. The number of halogens is 1. The highest BCUT2D eigenvalue weighted by Gasteiger charge is 2.21. The summed E-state index contributed by atoms with van der Waals surface area (Å²) in [5.74, 6) is -0.271. The van der Waals surface area contributed by atoms with Crippen molar-refractivity contribution in [1.29, 1.82) is 0 Å². The fourth-order valence-electron chi connectivity index (χ4n) is 1.20. The number of rotatable bonds is 2. The van der Waals surface area contributed by atoms with Crippen LogP contribution >= 0.6 is 11.8 Å². The summed E-state index contributed by atoms with van der Waals surface area (Å²) in [5.41, 5.74) is -0.347. The quantitative estimate of drug-likeness (QED) is 0.741. The van der Waals surface area contributed by atoms with Gasteiger partial charge in [-0.25, -0.2) is 4.39 Å². The van der Waals surface area contributed by atoms with E-state index < -0.39 is 5.60 Å². The second-order valence-corrected chi connectivity index (χ2v) is 4.20. The Labute approximate surface area is 82.0 Å². The van der Waals surface area contributed by atoms with Gasteiger partial charge in [0.25, 0.3) is 0 Å². The maximum absolute atomic E-state index is 13.2. The Morgan fingerprint density at radius 3 is 2.38 bits per heavy atom. The maximum atomic E-state index is 13.2. The number of benzene rings is 1. The molecule has 0 radical (unpaired) electrons. The third kappa shape index (κ3) is 2.23. The molecule has 13 heavy (non-hydrogen) atoms. The summed E-state index contributed by atoms with van der Waals surface area (Å²) in [5, 5.41) is 9.75. The van der Waals surface area contributed by atoms with Gasteiger partial charge in [-0.15, -0.1) is 11.8 Å². The molecule has 0 spiro atoms. The number of hydrogen-bond acceptors (Lipinski definition) is 2. The molecule has 1 aromatic rings. The van der Waals surface area contributed by atoms with Crippen LogP contribution in [0.2, 0.25) is 0 Å². The standard InChI is InChI=1S/C10H13FOS/c1-10(2,12)7-5-4-6-8(11)9(7)13-3/h4-6,12H,1-3H3. The molecule has 0 unspecified atom stereocenters. The second-order valence-electron chi connectivity index (χ2n) is 3.38. The molecule has 0 fully saturated rings. The second kappa shape index (κ2) is 3.68. The van der Waals surface area contributed by atoms with Gasteiger partial charge in [0.1, 0.15) is 5.82 Å². The van der Waals surface area contributed by atoms with Gasteiger partial charge in [-0.05, 0) is 31.7 Å². The molecule has 0 saturated carbocycles. The first-order valence-electron chi connectivity index (χ1n) is 4.02. The van der Waals surface area contributed by atoms with Crippen molar-refractivity contribution in [3.05, 3.63) is 29.6 Å². The van der Waals surface area contributed by atoms with E-state index in [1.807, 2.05) is 0 Å². The van der Waals surface area contributed by atoms with Gasteiger partial charge in [0.2, 0.25) is 0 Å². The molecule has 72 valence electrons. The molecule has 0 aliphatic carbocycles. The van der Waals surface area contributed by atoms with Crippen molar-refractivity contribution in [2.45, 2.75) is 24.3 Å². The Bertz CT molecular complexity index is 304. The summed E-state index contributed by atoms with van der Waals surface area (Å²) >= 11 is 1.31. The molecule has 1 aromatic carbocycles. The largest absolute Gasteiger partial charge is 0.386 e. The van der Waals surface area contributed by atoms with E-state index in [9.17, 15) is 9.50 Å². The normalized spacial score (nSPS) is 11.8. The van der Waals surface area contributed by atoms with Gasteiger partial charge in [-0.3, -0.25) is 0 Å². The van der Waals surface area contributed by atoms with Gasteiger partial charge < -0.3 is 5.11 Å². The van der Waals surface area contributed by atoms with Crippen molar-refractivity contribution < 1.29 is 9.50 Å². The first kappa shape index (κ1) is 10.5. The summed E-state index contributed by atoms with van der Waals surface area (Å²) < 4.78 is 13.2. The summed E-state index contributed by atoms with van der Waals surface area (Å²) in [6, 6.07) is 4.76. The Morgan fingerprint density at radius 2 is 2.00 bits per heavy atom. The van der Waals surface area contributed by atoms with Crippen LogP contribution in [0.1, 0.15) is 19.4 Å². The van der Waals surface area contributed by atoms with Crippen LogP contribution in [0.3, 0.4) is 0 Å². The topological polar surface area (TPSA) is 20.2 Å². The lowest BCUT2D eigenvalue weighted by Gasteiger charge is -2.20. The van der Waals surface area contributed by atoms with Crippen LogP contribution in [0.25, 0.3) is 0 Å². The minimum atomic E-state index is -0.986. The monoisotopic (exact) mass is 200 g/mol. The first-order chi connectivity index (χ1) is 5.96. The molecule has 1 nitrogen and oxygen atoms in total. The Kier molecular flexibility index (Phi) is 2.98. The summed E-state index contributed by atoms with van der Waals surface area (Å²) in [6.07, 6.45) is 1.80. The molecule has 3 heteroatoms. The lowest BCUT2D eigenvalue weighted by molar-refractivity contribution is 0.0751. The van der Waals surface area contributed by atoms with E-state index in [1.165, 1.54) is 17.8 Å². The third-order valence-electron chi connectivity index (χ3n) is 1.83. The van der Waals surface area contributed by atoms with Crippen LogP contribution in [0.4, 0.5) is 4.39 Å². The molecule has 0 bridgehead atoms. The zero-order chi connectivity index (χ0) is 10.1. The Balaban J connectivity index is 3.29. The fourth-order valence-corrected chi connectivity index (χ4v) is 2.00. The van der Waals surface area contributed by atoms with Crippen LogP contribution in [-0.2, 0) is 5.60 Å². The lowest BCUT2D eigenvalue weighted by Crippen LogP contribution is -2.17. The van der Waals surface area contributed by atoms with Crippen molar-refractivity contribution in [2.75, 3.05) is 6.26 Å². The smallest absolute Gasteiger partial charge is 0.137 e. The molecular formula is C10H13FOS. The van der Waals surface area contributed by atoms with E-state index in [-0.39, 0.29) is 5.82 Å². The molecule has 0 atom stereocenters. The van der Waals surface area contributed by atoms with Crippen LogP contribution in [0.5, 0.6) is 0 Å². The Morgan fingerprint density at radius 1 is 1.38 bits per heavy atom. The predicted octanol–water partition coefficient (Wildman–Crippen LogP) is 2.78. The van der Waals surface area contributed by atoms with Gasteiger partial charge in [-0.1, -0.05) is 12.1 Å². The average Bonchev–Trinajstić information content (AvgIpc) is 2.02. The number of thioether (sulfide) groups is 1. The molecule has 0 aliphatic rings. The molecular weight excluding hydrogens is 187 g/mol. The summed E-state index contributed by atoms with van der Waals surface area (Å²) in [4.78, 5) is 0.523. The molecule has 0 amide bonds. The van der Waals surface area contributed by atoms with Gasteiger partial charge in [0.15, 0.2) is 0 Å². The predicted molar refractivity (Wildman–Crippen MR) is 53.4 cm³/mol. The van der Waals surface area contributed by atoms with E-state index in [0.29, 0.717) is 10.5 Å². The lowest BCUT2D eigenvalue weighted by atomic mass is 9.98. The van der Waals surface area contributed by atoms with Crippen LogP contribution in [-0.4, -0.2) is 11.4 Å².